The Morgan fingerprint density at radius 3 is 3.00 bits per heavy atom. The van der Waals surface area contributed by atoms with Crippen LogP contribution in [0.3, 0.4) is 0 Å². The maximum Gasteiger partial charge on any atom is 0.295 e. The molecule has 1 unspecified atom stereocenters. The monoisotopic (exact) mass is 263 g/mol. The molecule has 6 heteroatoms. The molecular formula is C13H17N3O3. The first-order valence-corrected chi connectivity index (χ1v) is 6.41. The number of fused-ring (bicyclic) bond motifs is 1. The molecule has 0 saturated heterocycles. The smallest absolute Gasteiger partial charge is 0.295 e. The zero-order valence-corrected chi connectivity index (χ0v) is 11.0. The van der Waals surface area contributed by atoms with Crippen LogP contribution in [0, 0.1) is 10.1 Å². The third kappa shape index (κ3) is 3.21. The average Bonchev–Trinajstić information content (AvgIpc) is 2.77. The molecule has 0 spiro atoms. The molecule has 1 atom stereocenters. The molecule has 0 amide bonds. The van der Waals surface area contributed by atoms with E-state index in [1.807, 2.05) is 0 Å². The molecule has 1 N–H and O–H groups in total. The van der Waals surface area contributed by atoms with Gasteiger partial charge in [-0.2, -0.15) is 4.98 Å². The van der Waals surface area contributed by atoms with E-state index in [9.17, 15) is 10.1 Å². The Kier molecular flexibility index (Phi) is 3.99. The van der Waals surface area contributed by atoms with Gasteiger partial charge < -0.3 is 9.73 Å². The van der Waals surface area contributed by atoms with Crippen LogP contribution < -0.4 is 5.32 Å². The van der Waals surface area contributed by atoms with Crippen molar-refractivity contribution in [3.8, 4) is 0 Å². The normalized spacial score (nSPS) is 12.5. The lowest BCUT2D eigenvalue weighted by Gasteiger charge is -2.10. The van der Waals surface area contributed by atoms with Crippen LogP contribution in [0.2, 0.25) is 0 Å². The summed E-state index contributed by atoms with van der Waals surface area (Å²) in [6.07, 6.45) is 3.32. The molecule has 102 valence electrons. The summed E-state index contributed by atoms with van der Waals surface area (Å²) in [5.41, 5.74) is 1.06. The highest BCUT2D eigenvalue weighted by Crippen LogP contribution is 2.24. The third-order valence-electron chi connectivity index (χ3n) is 2.94. The summed E-state index contributed by atoms with van der Waals surface area (Å²) < 4.78 is 5.48. The Morgan fingerprint density at radius 1 is 1.53 bits per heavy atom. The van der Waals surface area contributed by atoms with Crippen molar-refractivity contribution < 1.29 is 9.34 Å². The SMILES string of the molecule is CCCCC(C)Nc1nc2ccc([N+](=O)[O-])cc2o1. The molecule has 1 aromatic heterocycles. The number of aromatic nitrogens is 1. The number of unbranched alkanes of at least 4 members (excludes halogenated alkanes) is 1. The number of benzene rings is 1. The van der Waals surface area contributed by atoms with E-state index in [1.165, 1.54) is 12.1 Å². The Hall–Kier alpha value is -2.11. The molecular weight excluding hydrogens is 246 g/mol. The number of hydrogen-bond acceptors (Lipinski definition) is 5. The average molecular weight is 263 g/mol. The zero-order chi connectivity index (χ0) is 13.8. The topological polar surface area (TPSA) is 81.2 Å². The standard InChI is InChI=1S/C13H17N3O3/c1-3-4-5-9(2)14-13-15-11-7-6-10(16(17)18)8-12(11)19-13/h6-9H,3-5H2,1-2H3,(H,14,15). The molecule has 0 fully saturated rings. The first-order chi connectivity index (χ1) is 9.10. The van der Waals surface area contributed by atoms with E-state index in [-0.39, 0.29) is 11.7 Å². The molecule has 0 aliphatic rings. The molecule has 2 aromatic rings. The number of nitrogens with zero attached hydrogens (tertiary/aromatic N) is 2. The lowest BCUT2D eigenvalue weighted by molar-refractivity contribution is -0.384. The van der Waals surface area contributed by atoms with E-state index in [0.29, 0.717) is 17.1 Å². The van der Waals surface area contributed by atoms with Gasteiger partial charge in [0.1, 0.15) is 5.52 Å². The van der Waals surface area contributed by atoms with Gasteiger partial charge in [-0.05, 0) is 19.4 Å². The fourth-order valence-corrected chi connectivity index (χ4v) is 1.88. The molecule has 0 aliphatic heterocycles. The Labute approximate surface area is 111 Å². The lowest BCUT2D eigenvalue weighted by atomic mass is 10.1. The lowest BCUT2D eigenvalue weighted by Crippen LogP contribution is -2.14. The molecule has 1 aromatic carbocycles. The van der Waals surface area contributed by atoms with Gasteiger partial charge in [0.2, 0.25) is 0 Å². The van der Waals surface area contributed by atoms with E-state index in [2.05, 4.69) is 24.1 Å². The van der Waals surface area contributed by atoms with Gasteiger partial charge in [-0.1, -0.05) is 19.8 Å². The van der Waals surface area contributed by atoms with Gasteiger partial charge in [0.25, 0.3) is 11.7 Å². The van der Waals surface area contributed by atoms with Gasteiger partial charge in [-0.25, -0.2) is 0 Å². The van der Waals surface area contributed by atoms with Crippen LogP contribution in [0.15, 0.2) is 22.6 Å². The summed E-state index contributed by atoms with van der Waals surface area (Å²) in [4.78, 5) is 14.5. The molecule has 2 rings (SSSR count). The highest BCUT2D eigenvalue weighted by molar-refractivity contribution is 5.77. The third-order valence-corrected chi connectivity index (χ3v) is 2.94. The predicted octanol–water partition coefficient (Wildman–Crippen LogP) is 3.73. The van der Waals surface area contributed by atoms with Crippen molar-refractivity contribution in [2.75, 3.05) is 5.32 Å². The van der Waals surface area contributed by atoms with E-state index >= 15 is 0 Å². The minimum absolute atomic E-state index is 0.00855. The van der Waals surface area contributed by atoms with Gasteiger partial charge in [-0.3, -0.25) is 10.1 Å². The highest BCUT2D eigenvalue weighted by Gasteiger charge is 2.12. The largest absolute Gasteiger partial charge is 0.423 e. The van der Waals surface area contributed by atoms with Crippen LogP contribution in [0.25, 0.3) is 11.1 Å². The van der Waals surface area contributed by atoms with Crippen molar-refractivity contribution >= 4 is 22.8 Å². The minimum atomic E-state index is -0.446. The van der Waals surface area contributed by atoms with Crippen LogP contribution in [0.1, 0.15) is 33.1 Å². The molecule has 0 saturated carbocycles. The van der Waals surface area contributed by atoms with E-state index in [4.69, 9.17) is 4.42 Å². The Bertz CT molecular complexity index is 580. The van der Waals surface area contributed by atoms with Gasteiger partial charge in [-0.15, -0.1) is 0 Å². The quantitative estimate of drug-likeness (QED) is 0.634. The van der Waals surface area contributed by atoms with Gasteiger partial charge in [0.05, 0.1) is 11.0 Å². The minimum Gasteiger partial charge on any atom is -0.423 e. The number of non-ortho nitro benzene ring substituents is 1. The van der Waals surface area contributed by atoms with Crippen molar-refractivity contribution in [3.05, 3.63) is 28.3 Å². The van der Waals surface area contributed by atoms with Gasteiger partial charge in [0.15, 0.2) is 5.58 Å². The maximum atomic E-state index is 10.7. The molecule has 19 heavy (non-hydrogen) atoms. The molecule has 0 bridgehead atoms. The summed E-state index contributed by atoms with van der Waals surface area (Å²) in [6, 6.07) is 5.10. The first-order valence-electron chi connectivity index (χ1n) is 6.41. The van der Waals surface area contributed by atoms with Crippen molar-refractivity contribution in [1.82, 2.24) is 4.98 Å². The number of nitro groups is 1. The van der Waals surface area contributed by atoms with Crippen molar-refractivity contribution in [3.63, 3.8) is 0 Å². The van der Waals surface area contributed by atoms with E-state index in [1.54, 1.807) is 6.07 Å². The van der Waals surface area contributed by atoms with Crippen molar-refractivity contribution in [1.29, 1.82) is 0 Å². The maximum absolute atomic E-state index is 10.7. The van der Waals surface area contributed by atoms with Crippen LogP contribution in [0.5, 0.6) is 0 Å². The van der Waals surface area contributed by atoms with Crippen LogP contribution >= 0.6 is 0 Å². The fraction of sp³-hybridized carbons (Fsp3) is 0.462. The number of rotatable bonds is 6. The summed E-state index contributed by atoms with van der Waals surface area (Å²) in [5, 5.41) is 13.8. The molecule has 0 aliphatic carbocycles. The van der Waals surface area contributed by atoms with E-state index in [0.717, 1.165) is 19.3 Å². The van der Waals surface area contributed by atoms with E-state index < -0.39 is 4.92 Å². The van der Waals surface area contributed by atoms with Crippen molar-refractivity contribution in [2.24, 2.45) is 0 Å². The number of oxazole rings is 1. The summed E-state index contributed by atoms with van der Waals surface area (Å²) >= 11 is 0. The van der Waals surface area contributed by atoms with Crippen LogP contribution in [0.4, 0.5) is 11.7 Å². The van der Waals surface area contributed by atoms with Crippen LogP contribution in [-0.4, -0.2) is 15.9 Å². The predicted molar refractivity (Wildman–Crippen MR) is 73.3 cm³/mol. The van der Waals surface area contributed by atoms with Gasteiger partial charge >= 0.3 is 0 Å². The Balaban J connectivity index is 2.15. The number of hydrogen-bond donors (Lipinski definition) is 1. The molecule has 1 heterocycles. The summed E-state index contributed by atoms with van der Waals surface area (Å²) in [5.74, 6) is 0. The van der Waals surface area contributed by atoms with Gasteiger partial charge in [0, 0.05) is 12.1 Å². The second-order valence-electron chi connectivity index (χ2n) is 4.62. The fourth-order valence-electron chi connectivity index (χ4n) is 1.88. The molecule has 0 radical (unpaired) electrons. The second-order valence-corrected chi connectivity index (χ2v) is 4.62. The number of nitrogens with one attached hydrogen (secondary N) is 1. The highest BCUT2D eigenvalue weighted by atomic mass is 16.6. The van der Waals surface area contributed by atoms with Crippen molar-refractivity contribution in [2.45, 2.75) is 39.2 Å². The first kappa shape index (κ1) is 13.3. The zero-order valence-electron chi connectivity index (χ0n) is 11.0. The molecule has 6 nitrogen and oxygen atoms in total. The summed E-state index contributed by atoms with van der Waals surface area (Å²) in [6.45, 7) is 4.21. The van der Waals surface area contributed by atoms with Crippen LogP contribution in [-0.2, 0) is 0 Å². The number of anilines is 1. The number of nitro benzene ring substituents is 1. The summed E-state index contributed by atoms with van der Waals surface area (Å²) in [7, 11) is 0. The Morgan fingerprint density at radius 2 is 2.32 bits per heavy atom. The second kappa shape index (κ2) is 5.69.